The SMILES string of the molecule is C#CCNS(=O)(=O)c1ccc(C(=O)NCc2ccc(OC)c(OC)c2)cc1. The van der Waals surface area contributed by atoms with Gasteiger partial charge in [0.2, 0.25) is 10.0 Å². The fourth-order valence-corrected chi connectivity index (χ4v) is 3.21. The summed E-state index contributed by atoms with van der Waals surface area (Å²) in [4.78, 5) is 12.3. The van der Waals surface area contributed by atoms with Gasteiger partial charge in [-0.3, -0.25) is 4.79 Å². The van der Waals surface area contributed by atoms with Crippen LogP contribution in [0.5, 0.6) is 11.5 Å². The van der Waals surface area contributed by atoms with Crippen LogP contribution in [-0.2, 0) is 16.6 Å². The van der Waals surface area contributed by atoms with E-state index in [2.05, 4.69) is 16.0 Å². The second kappa shape index (κ2) is 9.07. The first kappa shape index (κ1) is 20.3. The third-order valence-corrected chi connectivity index (χ3v) is 5.11. The van der Waals surface area contributed by atoms with Gasteiger partial charge in [0.15, 0.2) is 11.5 Å². The maximum atomic E-state index is 12.3. The highest BCUT2D eigenvalue weighted by Crippen LogP contribution is 2.27. The van der Waals surface area contributed by atoms with E-state index >= 15 is 0 Å². The highest BCUT2D eigenvalue weighted by Gasteiger charge is 2.14. The Morgan fingerprint density at radius 2 is 1.74 bits per heavy atom. The Bertz CT molecular complexity index is 947. The normalized spacial score (nSPS) is 10.7. The van der Waals surface area contributed by atoms with Crippen molar-refractivity contribution in [3.8, 4) is 23.8 Å². The monoisotopic (exact) mass is 388 g/mol. The second-order valence-corrected chi connectivity index (χ2v) is 7.19. The Labute approximate surface area is 158 Å². The van der Waals surface area contributed by atoms with Crippen molar-refractivity contribution in [2.75, 3.05) is 20.8 Å². The summed E-state index contributed by atoms with van der Waals surface area (Å²) in [5.41, 5.74) is 1.17. The molecule has 0 unspecified atom stereocenters. The molecule has 0 aliphatic rings. The van der Waals surface area contributed by atoms with Gasteiger partial charge in [-0.2, -0.15) is 4.72 Å². The van der Waals surface area contributed by atoms with Gasteiger partial charge in [-0.1, -0.05) is 12.0 Å². The van der Waals surface area contributed by atoms with E-state index in [9.17, 15) is 13.2 Å². The van der Waals surface area contributed by atoms with E-state index < -0.39 is 10.0 Å². The third kappa shape index (κ3) is 5.23. The highest BCUT2D eigenvalue weighted by molar-refractivity contribution is 7.89. The lowest BCUT2D eigenvalue weighted by molar-refractivity contribution is 0.0950. The van der Waals surface area contributed by atoms with Crippen molar-refractivity contribution in [3.05, 3.63) is 53.6 Å². The van der Waals surface area contributed by atoms with Gasteiger partial charge >= 0.3 is 0 Å². The van der Waals surface area contributed by atoms with Crippen molar-refractivity contribution in [3.63, 3.8) is 0 Å². The predicted molar refractivity (Wildman–Crippen MR) is 101 cm³/mol. The standard InChI is InChI=1S/C19H20N2O5S/c1-4-11-21-27(23,24)16-8-6-15(7-9-16)19(22)20-13-14-5-10-17(25-2)18(12-14)26-3/h1,5-10,12,21H,11,13H2,2-3H3,(H,20,22). The molecule has 0 aromatic heterocycles. The summed E-state index contributed by atoms with van der Waals surface area (Å²) in [6.07, 6.45) is 5.05. The van der Waals surface area contributed by atoms with Crippen LogP contribution in [0, 0.1) is 12.3 Å². The van der Waals surface area contributed by atoms with E-state index in [0.717, 1.165) is 5.56 Å². The molecule has 0 saturated heterocycles. The zero-order valence-electron chi connectivity index (χ0n) is 15.0. The molecular formula is C19H20N2O5S. The van der Waals surface area contributed by atoms with E-state index in [-0.39, 0.29) is 23.9 Å². The summed E-state index contributed by atoms with van der Waals surface area (Å²) in [5, 5.41) is 2.77. The molecule has 0 atom stereocenters. The number of carbonyl (C=O) groups excluding carboxylic acids is 1. The number of rotatable bonds is 8. The number of benzene rings is 2. The van der Waals surface area contributed by atoms with Gasteiger partial charge in [-0.15, -0.1) is 6.42 Å². The number of amides is 1. The van der Waals surface area contributed by atoms with E-state index in [4.69, 9.17) is 15.9 Å². The second-order valence-electron chi connectivity index (χ2n) is 5.43. The van der Waals surface area contributed by atoms with Gasteiger partial charge in [0.25, 0.3) is 5.91 Å². The molecule has 2 rings (SSSR count). The molecule has 0 fully saturated rings. The van der Waals surface area contributed by atoms with E-state index in [1.54, 1.807) is 19.2 Å². The largest absolute Gasteiger partial charge is 0.493 e. The topological polar surface area (TPSA) is 93.7 Å². The molecule has 142 valence electrons. The van der Waals surface area contributed by atoms with Crippen LogP contribution in [0.4, 0.5) is 0 Å². The van der Waals surface area contributed by atoms with Gasteiger partial charge in [0.1, 0.15) is 0 Å². The minimum atomic E-state index is -3.68. The molecular weight excluding hydrogens is 368 g/mol. The van der Waals surface area contributed by atoms with Gasteiger partial charge in [-0.05, 0) is 42.0 Å². The van der Waals surface area contributed by atoms with E-state index in [0.29, 0.717) is 17.1 Å². The Morgan fingerprint density at radius 1 is 1.07 bits per heavy atom. The fraction of sp³-hybridized carbons (Fsp3) is 0.211. The van der Waals surface area contributed by atoms with Crippen LogP contribution in [0.3, 0.4) is 0 Å². The van der Waals surface area contributed by atoms with E-state index in [1.807, 2.05) is 6.07 Å². The Hall–Kier alpha value is -3.02. The molecule has 0 heterocycles. The molecule has 8 heteroatoms. The van der Waals surface area contributed by atoms with Crippen LogP contribution in [0.25, 0.3) is 0 Å². The lowest BCUT2D eigenvalue weighted by Gasteiger charge is -2.10. The highest BCUT2D eigenvalue weighted by atomic mass is 32.2. The van der Waals surface area contributed by atoms with Crippen molar-refractivity contribution in [1.29, 1.82) is 0 Å². The molecule has 27 heavy (non-hydrogen) atoms. The minimum Gasteiger partial charge on any atom is -0.493 e. The summed E-state index contributed by atoms with van der Waals surface area (Å²) < 4.78 is 36.6. The summed E-state index contributed by atoms with van der Waals surface area (Å²) in [6, 6.07) is 10.9. The van der Waals surface area contributed by atoms with Gasteiger partial charge in [0, 0.05) is 12.1 Å². The fourth-order valence-electron chi connectivity index (χ4n) is 2.28. The van der Waals surface area contributed by atoms with Crippen molar-refractivity contribution >= 4 is 15.9 Å². The van der Waals surface area contributed by atoms with Crippen molar-refractivity contribution in [1.82, 2.24) is 10.0 Å². The maximum absolute atomic E-state index is 12.3. The Morgan fingerprint density at radius 3 is 2.33 bits per heavy atom. The predicted octanol–water partition coefficient (Wildman–Crippen LogP) is 1.55. The van der Waals surface area contributed by atoms with Crippen LogP contribution in [0.1, 0.15) is 15.9 Å². The average molecular weight is 388 g/mol. The Kier molecular flexibility index (Phi) is 6.82. The number of hydrogen-bond donors (Lipinski definition) is 2. The summed E-state index contributed by atoms with van der Waals surface area (Å²) in [6.45, 7) is 0.179. The lowest BCUT2D eigenvalue weighted by atomic mass is 10.1. The van der Waals surface area contributed by atoms with Crippen molar-refractivity contribution in [2.24, 2.45) is 0 Å². The van der Waals surface area contributed by atoms with Crippen LogP contribution in [0.15, 0.2) is 47.4 Å². The molecule has 0 saturated carbocycles. The molecule has 0 spiro atoms. The smallest absolute Gasteiger partial charge is 0.251 e. The zero-order valence-corrected chi connectivity index (χ0v) is 15.8. The van der Waals surface area contributed by atoms with Crippen LogP contribution in [-0.4, -0.2) is 35.1 Å². The zero-order chi connectivity index (χ0) is 19.9. The summed E-state index contributed by atoms with van der Waals surface area (Å²) in [7, 11) is -0.602. The molecule has 1 amide bonds. The first-order valence-corrected chi connectivity index (χ1v) is 9.42. The number of nitrogens with one attached hydrogen (secondary N) is 2. The van der Waals surface area contributed by atoms with Gasteiger partial charge in [0.05, 0.1) is 25.7 Å². The lowest BCUT2D eigenvalue weighted by Crippen LogP contribution is -2.25. The molecule has 2 aromatic carbocycles. The van der Waals surface area contributed by atoms with Crippen LogP contribution in [0.2, 0.25) is 0 Å². The molecule has 0 bridgehead atoms. The maximum Gasteiger partial charge on any atom is 0.251 e. The number of ether oxygens (including phenoxy) is 2. The molecule has 0 radical (unpaired) electrons. The van der Waals surface area contributed by atoms with Gasteiger partial charge in [-0.25, -0.2) is 8.42 Å². The molecule has 0 aliphatic heterocycles. The van der Waals surface area contributed by atoms with Gasteiger partial charge < -0.3 is 14.8 Å². The minimum absolute atomic E-state index is 0.0363. The quantitative estimate of drug-likeness (QED) is 0.669. The van der Waals surface area contributed by atoms with Crippen molar-refractivity contribution < 1.29 is 22.7 Å². The molecule has 0 aliphatic carbocycles. The van der Waals surface area contributed by atoms with Crippen LogP contribution < -0.4 is 19.5 Å². The number of terminal acetylenes is 1. The van der Waals surface area contributed by atoms with E-state index in [1.165, 1.54) is 31.4 Å². The number of carbonyl (C=O) groups is 1. The third-order valence-electron chi connectivity index (χ3n) is 3.69. The Balaban J connectivity index is 2.03. The summed E-state index contributed by atoms with van der Waals surface area (Å²) >= 11 is 0. The molecule has 7 nitrogen and oxygen atoms in total. The summed E-state index contributed by atoms with van der Waals surface area (Å²) in [5.74, 6) is 3.04. The van der Waals surface area contributed by atoms with Crippen LogP contribution >= 0.6 is 0 Å². The number of methoxy groups -OCH3 is 2. The first-order valence-electron chi connectivity index (χ1n) is 7.93. The molecule has 2 N–H and O–H groups in total. The molecule has 2 aromatic rings. The average Bonchev–Trinajstić information content (AvgIpc) is 2.70. The van der Waals surface area contributed by atoms with Crippen molar-refractivity contribution in [2.45, 2.75) is 11.4 Å². The first-order chi connectivity index (χ1) is 12.9. The number of hydrogen-bond acceptors (Lipinski definition) is 5. The number of sulfonamides is 1.